The number of carbonyl (C=O) groups is 1. The monoisotopic (exact) mass is 408 g/mol. The molecule has 8 nitrogen and oxygen atoms in total. The van der Waals surface area contributed by atoms with Crippen molar-refractivity contribution >= 4 is 11.6 Å². The van der Waals surface area contributed by atoms with Crippen molar-refractivity contribution in [1.82, 2.24) is 14.8 Å². The van der Waals surface area contributed by atoms with E-state index in [9.17, 15) is 14.9 Å². The third-order valence-electron chi connectivity index (χ3n) is 4.78. The van der Waals surface area contributed by atoms with Crippen LogP contribution in [0.2, 0.25) is 0 Å². The second-order valence-electron chi connectivity index (χ2n) is 6.95. The maximum Gasteiger partial charge on any atom is 0.336 e. The van der Waals surface area contributed by atoms with Gasteiger partial charge in [0.15, 0.2) is 5.82 Å². The largest absolute Gasteiger partial charge is 0.462 e. The zero-order valence-electron chi connectivity index (χ0n) is 17.3. The highest BCUT2D eigenvalue weighted by Gasteiger charge is 2.22. The summed E-state index contributed by atoms with van der Waals surface area (Å²) in [7, 11) is 0. The van der Waals surface area contributed by atoms with Gasteiger partial charge in [0.2, 0.25) is 0 Å². The minimum absolute atomic E-state index is 0.105. The molecule has 2 aromatic carbocycles. The molecular weight excluding hydrogens is 384 g/mol. The van der Waals surface area contributed by atoms with Crippen molar-refractivity contribution in [1.29, 1.82) is 0 Å². The third kappa shape index (κ3) is 4.53. The maximum absolute atomic E-state index is 13.2. The number of nitro groups is 1. The van der Waals surface area contributed by atoms with Crippen molar-refractivity contribution in [2.45, 2.75) is 40.0 Å². The van der Waals surface area contributed by atoms with E-state index in [2.05, 4.69) is 17.0 Å². The highest BCUT2D eigenvalue weighted by Crippen LogP contribution is 2.24. The molecule has 0 bridgehead atoms. The molecule has 30 heavy (non-hydrogen) atoms. The molecular formula is C22H24N4O4. The van der Waals surface area contributed by atoms with Crippen LogP contribution in [-0.4, -0.2) is 32.2 Å². The summed E-state index contributed by atoms with van der Waals surface area (Å²) in [5.41, 5.74) is 2.39. The van der Waals surface area contributed by atoms with Crippen molar-refractivity contribution < 1.29 is 14.5 Å². The predicted octanol–water partition coefficient (Wildman–Crippen LogP) is 4.59. The first-order valence-corrected chi connectivity index (χ1v) is 9.93. The number of benzene rings is 2. The summed E-state index contributed by atoms with van der Waals surface area (Å²) in [5, 5.41) is 15.5. The van der Waals surface area contributed by atoms with Crippen LogP contribution in [0.5, 0.6) is 6.01 Å². The van der Waals surface area contributed by atoms with Gasteiger partial charge in [0.05, 0.1) is 11.5 Å². The van der Waals surface area contributed by atoms with Gasteiger partial charge in [-0.1, -0.05) is 50.6 Å². The van der Waals surface area contributed by atoms with Gasteiger partial charge in [0.1, 0.15) is 0 Å². The van der Waals surface area contributed by atoms with E-state index in [0.717, 1.165) is 29.5 Å². The molecule has 0 saturated heterocycles. The van der Waals surface area contributed by atoms with Crippen LogP contribution < -0.4 is 4.74 Å². The maximum atomic E-state index is 13.2. The lowest BCUT2D eigenvalue weighted by atomic mass is 10.1. The van der Waals surface area contributed by atoms with Gasteiger partial charge in [-0.2, -0.15) is 9.67 Å². The average molecular weight is 408 g/mol. The minimum Gasteiger partial charge on any atom is -0.462 e. The van der Waals surface area contributed by atoms with Crippen molar-refractivity contribution in [3.05, 3.63) is 69.3 Å². The fraction of sp³-hybridized carbons (Fsp3) is 0.318. The SMILES string of the molecule is CCCCOc1nc(-c2ccc(CC)cc2)n(C(=O)c2ccc(C)c([N+](=O)[O-])c2)n1. The van der Waals surface area contributed by atoms with E-state index in [1.807, 2.05) is 31.2 Å². The summed E-state index contributed by atoms with van der Waals surface area (Å²) in [6.07, 6.45) is 2.69. The molecule has 0 spiro atoms. The van der Waals surface area contributed by atoms with Gasteiger partial charge >= 0.3 is 6.01 Å². The summed E-state index contributed by atoms with van der Waals surface area (Å²) in [6, 6.07) is 12.2. The Hall–Kier alpha value is -3.55. The van der Waals surface area contributed by atoms with Crippen LogP contribution in [0.1, 0.15) is 48.2 Å². The highest BCUT2D eigenvalue weighted by molar-refractivity contribution is 5.98. The molecule has 8 heteroatoms. The molecule has 156 valence electrons. The summed E-state index contributed by atoms with van der Waals surface area (Å²) in [5.74, 6) is -0.178. The number of aryl methyl sites for hydroxylation is 2. The molecule has 0 aliphatic heterocycles. The quantitative estimate of drug-likeness (QED) is 0.307. The first-order valence-electron chi connectivity index (χ1n) is 9.93. The van der Waals surface area contributed by atoms with E-state index in [-0.39, 0.29) is 17.3 Å². The molecule has 0 aliphatic rings. The smallest absolute Gasteiger partial charge is 0.336 e. The molecule has 0 aliphatic carbocycles. The number of hydrogen-bond acceptors (Lipinski definition) is 6. The molecule has 1 heterocycles. The van der Waals surface area contributed by atoms with Crippen LogP contribution in [-0.2, 0) is 6.42 Å². The van der Waals surface area contributed by atoms with Gasteiger partial charge in [-0.05, 0) is 31.4 Å². The average Bonchev–Trinajstić information content (AvgIpc) is 3.18. The summed E-state index contributed by atoms with van der Waals surface area (Å²) >= 11 is 0. The summed E-state index contributed by atoms with van der Waals surface area (Å²) in [4.78, 5) is 28.3. The predicted molar refractivity (Wildman–Crippen MR) is 113 cm³/mol. The number of carbonyl (C=O) groups excluding carboxylic acids is 1. The molecule has 0 radical (unpaired) electrons. The Labute approximate surface area is 174 Å². The second-order valence-corrected chi connectivity index (χ2v) is 6.95. The molecule has 0 unspecified atom stereocenters. The van der Waals surface area contributed by atoms with Gasteiger partial charge < -0.3 is 4.74 Å². The van der Waals surface area contributed by atoms with Crippen LogP contribution in [0, 0.1) is 17.0 Å². The van der Waals surface area contributed by atoms with Crippen molar-refractivity contribution in [3.63, 3.8) is 0 Å². The number of nitro benzene ring substituents is 1. The molecule has 0 saturated carbocycles. The molecule has 3 aromatic rings. The Morgan fingerprint density at radius 2 is 1.90 bits per heavy atom. The number of nitrogens with zero attached hydrogens (tertiary/aromatic N) is 4. The van der Waals surface area contributed by atoms with E-state index in [1.165, 1.54) is 6.07 Å². The van der Waals surface area contributed by atoms with Crippen molar-refractivity contribution in [3.8, 4) is 17.4 Å². The molecule has 0 fully saturated rings. The second kappa shape index (κ2) is 9.30. The number of hydrogen-bond donors (Lipinski definition) is 0. The van der Waals surface area contributed by atoms with Crippen molar-refractivity contribution in [2.75, 3.05) is 6.61 Å². The highest BCUT2D eigenvalue weighted by atomic mass is 16.6. The van der Waals surface area contributed by atoms with Gasteiger partial charge in [-0.25, -0.2) is 0 Å². The van der Waals surface area contributed by atoms with Crippen LogP contribution in [0.15, 0.2) is 42.5 Å². The third-order valence-corrected chi connectivity index (χ3v) is 4.78. The van der Waals surface area contributed by atoms with E-state index in [0.29, 0.717) is 23.6 Å². The minimum atomic E-state index is -0.509. The Balaban J connectivity index is 2.03. The Bertz CT molecular complexity index is 1060. The van der Waals surface area contributed by atoms with Gasteiger partial charge in [-0.15, -0.1) is 5.10 Å². The number of ether oxygens (including phenoxy) is 1. The number of rotatable bonds is 8. The van der Waals surface area contributed by atoms with E-state index in [4.69, 9.17) is 4.74 Å². The number of aromatic nitrogens is 3. The summed E-state index contributed by atoms with van der Waals surface area (Å²) in [6.45, 7) is 6.18. The van der Waals surface area contributed by atoms with Gasteiger partial charge in [0.25, 0.3) is 11.6 Å². The fourth-order valence-corrected chi connectivity index (χ4v) is 2.94. The first-order chi connectivity index (χ1) is 14.4. The Morgan fingerprint density at radius 1 is 1.17 bits per heavy atom. The zero-order chi connectivity index (χ0) is 21.7. The molecule has 0 atom stereocenters. The summed E-state index contributed by atoms with van der Waals surface area (Å²) < 4.78 is 6.75. The Kier molecular flexibility index (Phi) is 6.56. The fourth-order valence-electron chi connectivity index (χ4n) is 2.94. The topological polar surface area (TPSA) is 100 Å². The first kappa shape index (κ1) is 21.2. The molecule has 3 rings (SSSR count). The van der Waals surface area contributed by atoms with E-state index < -0.39 is 10.8 Å². The normalized spacial score (nSPS) is 10.8. The van der Waals surface area contributed by atoms with E-state index in [1.54, 1.807) is 19.1 Å². The van der Waals surface area contributed by atoms with Crippen LogP contribution in [0.4, 0.5) is 5.69 Å². The van der Waals surface area contributed by atoms with Gasteiger partial charge in [0, 0.05) is 22.8 Å². The van der Waals surface area contributed by atoms with Crippen LogP contribution in [0.3, 0.4) is 0 Å². The van der Waals surface area contributed by atoms with Crippen molar-refractivity contribution in [2.24, 2.45) is 0 Å². The van der Waals surface area contributed by atoms with Crippen LogP contribution >= 0.6 is 0 Å². The molecule has 0 N–H and O–H groups in total. The lowest BCUT2D eigenvalue weighted by Crippen LogP contribution is -2.16. The van der Waals surface area contributed by atoms with E-state index >= 15 is 0 Å². The standard InChI is InChI=1S/C22H24N4O4/c1-4-6-13-30-22-23-20(17-11-8-16(5-2)9-12-17)25(24-22)21(27)18-10-7-15(3)19(14-18)26(28)29/h7-12,14H,4-6,13H2,1-3H3. The zero-order valence-corrected chi connectivity index (χ0v) is 17.3. The molecule has 0 amide bonds. The lowest BCUT2D eigenvalue weighted by Gasteiger charge is -2.06. The van der Waals surface area contributed by atoms with Crippen LogP contribution in [0.25, 0.3) is 11.4 Å². The number of unbranched alkanes of at least 4 members (excludes halogenated alkanes) is 1. The van der Waals surface area contributed by atoms with Gasteiger partial charge in [-0.3, -0.25) is 14.9 Å². The Morgan fingerprint density at radius 3 is 2.53 bits per heavy atom. The lowest BCUT2D eigenvalue weighted by molar-refractivity contribution is -0.385. The molecule has 1 aromatic heterocycles.